The third-order valence-corrected chi connectivity index (χ3v) is 5.09. The number of amides is 1. The summed E-state index contributed by atoms with van der Waals surface area (Å²) in [6, 6.07) is 0. The van der Waals surface area contributed by atoms with Gasteiger partial charge in [0.25, 0.3) is 0 Å². The Hall–Kier alpha value is -0.690. The molecule has 6 heteroatoms. The van der Waals surface area contributed by atoms with Crippen molar-refractivity contribution in [2.75, 3.05) is 46.7 Å². The number of rotatable bonds is 7. The molecule has 2 heterocycles. The molecule has 2 rings (SSSR count). The predicted molar refractivity (Wildman–Crippen MR) is 86.0 cm³/mol. The highest BCUT2D eigenvalue weighted by atomic mass is 16.8. The highest BCUT2D eigenvalue weighted by molar-refractivity contribution is 5.81. The van der Waals surface area contributed by atoms with Gasteiger partial charge in [0, 0.05) is 31.6 Å². The van der Waals surface area contributed by atoms with E-state index in [1.807, 2.05) is 13.8 Å². The molecule has 0 saturated carbocycles. The molecule has 0 aliphatic carbocycles. The van der Waals surface area contributed by atoms with E-state index in [4.69, 9.17) is 18.9 Å². The molecular formula is C17H31NO5. The Morgan fingerprint density at radius 2 is 1.91 bits per heavy atom. The standard InChI is InChI=1S/C17H31NO5/c1-15(2,6-7-20-5)14(19)18-11-16(3,4)13-10-21-12-17(13)22-8-9-23-17/h13H,6-12H2,1-5H3,(H,18,19)/t13-/m1/s1. The number of ether oxygens (including phenoxy) is 4. The van der Waals surface area contributed by atoms with Crippen LogP contribution in [0.25, 0.3) is 0 Å². The van der Waals surface area contributed by atoms with Crippen molar-refractivity contribution in [3.8, 4) is 0 Å². The number of carbonyl (C=O) groups excluding carboxylic acids is 1. The zero-order chi connectivity index (χ0) is 17.1. The molecule has 6 nitrogen and oxygen atoms in total. The molecule has 2 fully saturated rings. The van der Waals surface area contributed by atoms with Crippen molar-refractivity contribution >= 4 is 5.91 Å². The van der Waals surface area contributed by atoms with E-state index in [0.29, 0.717) is 46.0 Å². The zero-order valence-electron chi connectivity index (χ0n) is 15.1. The van der Waals surface area contributed by atoms with Crippen molar-refractivity contribution in [2.45, 2.75) is 39.9 Å². The van der Waals surface area contributed by atoms with Crippen molar-refractivity contribution < 1.29 is 23.7 Å². The largest absolute Gasteiger partial charge is 0.385 e. The fourth-order valence-electron chi connectivity index (χ4n) is 3.26. The van der Waals surface area contributed by atoms with Crippen LogP contribution in [-0.2, 0) is 23.7 Å². The fraction of sp³-hybridized carbons (Fsp3) is 0.941. The van der Waals surface area contributed by atoms with Crippen molar-refractivity contribution in [3.63, 3.8) is 0 Å². The Kier molecular flexibility index (Phi) is 5.72. The summed E-state index contributed by atoms with van der Waals surface area (Å²) >= 11 is 0. The van der Waals surface area contributed by atoms with Crippen LogP contribution in [0.1, 0.15) is 34.1 Å². The highest BCUT2D eigenvalue weighted by Gasteiger charge is 2.55. The summed E-state index contributed by atoms with van der Waals surface area (Å²) in [5, 5.41) is 3.09. The van der Waals surface area contributed by atoms with E-state index in [2.05, 4.69) is 19.2 Å². The summed E-state index contributed by atoms with van der Waals surface area (Å²) in [7, 11) is 1.65. The second kappa shape index (κ2) is 7.05. The van der Waals surface area contributed by atoms with E-state index in [0.717, 1.165) is 0 Å². The van der Waals surface area contributed by atoms with Gasteiger partial charge < -0.3 is 24.3 Å². The topological polar surface area (TPSA) is 66.0 Å². The van der Waals surface area contributed by atoms with Gasteiger partial charge in [0.05, 0.1) is 19.8 Å². The molecule has 0 aromatic heterocycles. The summed E-state index contributed by atoms with van der Waals surface area (Å²) in [6.07, 6.45) is 0.693. The van der Waals surface area contributed by atoms with Crippen LogP contribution in [0.2, 0.25) is 0 Å². The molecule has 0 radical (unpaired) electrons. The van der Waals surface area contributed by atoms with Crippen LogP contribution in [0.15, 0.2) is 0 Å². The molecule has 1 spiro atoms. The Morgan fingerprint density at radius 3 is 2.52 bits per heavy atom. The lowest BCUT2D eigenvalue weighted by atomic mass is 9.75. The minimum absolute atomic E-state index is 0.0452. The van der Waals surface area contributed by atoms with Crippen LogP contribution in [0, 0.1) is 16.7 Å². The minimum Gasteiger partial charge on any atom is -0.385 e. The van der Waals surface area contributed by atoms with Crippen molar-refractivity contribution in [1.82, 2.24) is 5.32 Å². The van der Waals surface area contributed by atoms with E-state index in [1.54, 1.807) is 7.11 Å². The van der Waals surface area contributed by atoms with Gasteiger partial charge in [-0.15, -0.1) is 0 Å². The second-order valence-electron chi connectivity index (χ2n) is 7.87. The first-order valence-electron chi connectivity index (χ1n) is 8.36. The molecule has 2 aliphatic heterocycles. The molecule has 0 aromatic rings. The minimum atomic E-state index is -0.639. The van der Waals surface area contributed by atoms with Gasteiger partial charge in [-0.1, -0.05) is 27.7 Å². The van der Waals surface area contributed by atoms with E-state index in [1.165, 1.54) is 0 Å². The van der Waals surface area contributed by atoms with Gasteiger partial charge in [0.1, 0.15) is 6.61 Å². The zero-order valence-corrected chi connectivity index (χ0v) is 15.1. The average molecular weight is 329 g/mol. The second-order valence-corrected chi connectivity index (χ2v) is 7.87. The molecule has 23 heavy (non-hydrogen) atoms. The molecular weight excluding hydrogens is 298 g/mol. The van der Waals surface area contributed by atoms with Crippen LogP contribution in [0.4, 0.5) is 0 Å². The van der Waals surface area contributed by atoms with Gasteiger partial charge in [-0.2, -0.15) is 0 Å². The van der Waals surface area contributed by atoms with Crippen LogP contribution in [0.3, 0.4) is 0 Å². The number of hydrogen-bond donors (Lipinski definition) is 1. The number of methoxy groups -OCH3 is 1. The Labute approximate surface area is 139 Å². The van der Waals surface area contributed by atoms with Crippen LogP contribution >= 0.6 is 0 Å². The molecule has 1 amide bonds. The molecule has 1 N–H and O–H groups in total. The van der Waals surface area contributed by atoms with Gasteiger partial charge in [-0.25, -0.2) is 0 Å². The highest BCUT2D eigenvalue weighted by Crippen LogP contribution is 2.44. The SMILES string of the molecule is COCCC(C)(C)C(=O)NCC(C)(C)[C@H]1COCC12OCCO2. The third kappa shape index (κ3) is 4.05. The molecule has 1 atom stereocenters. The van der Waals surface area contributed by atoms with Crippen molar-refractivity contribution in [3.05, 3.63) is 0 Å². The molecule has 134 valence electrons. The van der Waals surface area contributed by atoms with E-state index in [-0.39, 0.29) is 17.2 Å². The summed E-state index contributed by atoms with van der Waals surface area (Å²) < 4.78 is 22.4. The van der Waals surface area contributed by atoms with E-state index >= 15 is 0 Å². The van der Waals surface area contributed by atoms with Crippen molar-refractivity contribution in [1.29, 1.82) is 0 Å². The molecule has 2 saturated heterocycles. The van der Waals surface area contributed by atoms with Gasteiger partial charge in [0.2, 0.25) is 5.91 Å². The maximum Gasteiger partial charge on any atom is 0.225 e. The number of nitrogens with one attached hydrogen (secondary N) is 1. The predicted octanol–water partition coefficient (Wildman–Crippen LogP) is 1.58. The van der Waals surface area contributed by atoms with Gasteiger partial charge in [-0.05, 0) is 11.8 Å². The molecule has 0 unspecified atom stereocenters. The van der Waals surface area contributed by atoms with Gasteiger partial charge in [-0.3, -0.25) is 4.79 Å². The first-order chi connectivity index (χ1) is 10.7. The van der Waals surface area contributed by atoms with Crippen LogP contribution < -0.4 is 5.32 Å². The smallest absolute Gasteiger partial charge is 0.225 e. The van der Waals surface area contributed by atoms with Crippen LogP contribution in [-0.4, -0.2) is 58.4 Å². The van der Waals surface area contributed by atoms with Crippen molar-refractivity contribution in [2.24, 2.45) is 16.7 Å². The monoisotopic (exact) mass is 329 g/mol. The fourth-order valence-corrected chi connectivity index (χ4v) is 3.26. The number of hydrogen-bond acceptors (Lipinski definition) is 5. The number of carbonyl (C=O) groups is 1. The maximum absolute atomic E-state index is 12.5. The van der Waals surface area contributed by atoms with Gasteiger partial charge in [0.15, 0.2) is 5.79 Å². The first kappa shape index (κ1) is 18.6. The normalized spacial score (nSPS) is 24.3. The lowest BCUT2D eigenvalue weighted by molar-refractivity contribution is -0.197. The summed E-state index contributed by atoms with van der Waals surface area (Å²) in [6.45, 7) is 11.5. The maximum atomic E-state index is 12.5. The summed E-state index contributed by atoms with van der Waals surface area (Å²) in [5.41, 5.74) is -0.635. The lowest BCUT2D eigenvalue weighted by Gasteiger charge is -2.39. The lowest BCUT2D eigenvalue weighted by Crippen LogP contribution is -2.51. The molecule has 0 aromatic carbocycles. The quantitative estimate of drug-likeness (QED) is 0.768. The average Bonchev–Trinajstić information content (AvgIpc) is 3.13. The third-order valence-electron chi connectivity index (χ3n) is 5.09. The molecule has 2 aliphatic rings. The van der Waals surface area contributed by atoms with Gasteiger partial charge >= 0.3 is 0 Å². The Balaban J connectivity index is 1.94. The Morgan fingerprint density at radius 1 is 1.26 bits per heavy atom. The summed E-state index contributed by atoms with van der Waals surface area (Å²) in [5.74, 6) is -0.497. The van der Waals surface area contributed by atoms with E-state index in [9.17, 15) is 4.79 Å². The first-order valence-corrected chi connectivity index (χ1v) is 8.36. The van der Waals surface area contributed by atoms with E-state index < -0.39 is 11.2 Å². The molecule has 0 bridgehead atoms. The summed E-state index contributed by atoms with van der Waals surface area (Å²) in [4.78, 5) is 12.5. The Bertz CT molecular complexity index is 410. The van der Waals surface area contributed by atoms with Crippen LogP contribution in [0.5, 0.6) is 0 Å².